The number of rotatable bonds is 0. The Hall–Kier alpha value is -6.08. The fraction of sp³-hybridized carbons (Fsp3) is 0. The van der Waals surface area contributed by atoms with Crippen molar-refractivity contribution in [2.24, 2.45) is 0 Å². The number of aromatic hydroxyl groups is 1. The van der Waals surface area contributed by atoms with Gasteiger partial charge in [-0.2, -0.15) is 0 Å². The smallest absolute Gasteiger partial charge is 0.264 e. The third-order valence-electron chi connectivity index (χ3n) is 9.45. The Balaban J connectivity index is 1.43. The van der Waals surface area contributed by atoms with E-state index in [1.54, 1.807) is 14.9 Å². The first-order valence-electron chi connectivity index (χ1n) is 14.1. The zero-order chi connectivity index (χ0) is 28.3. The van der Waals surface area contributed by atoms with Gasteiger partial charge in [0.25, 0.3) is 11.1 Å². The largest absolute Gasteiger partial charge is 0.507 e. The van der Waals surface area contributed by atoms with Gasteiger partial charge in [-0.15, -0.1) is 0 Å². The molecule has 0 aliphatic heterocycles. The van der Waals surface area contributed by atoms with Crippen LogP contribution in [0.25, 0.3) is 98.0 Å². The molecule has 11 rings (SSSR count). The number of imidazole rings is 2. The molecule has 0 aliphatic carbocycles. The van der Waals surface area contributed by atoms with Gasteiger partial charge in [0.15, 0.2) is 0 Å². The molecule has 4 heterocycles. The molecule has 0 saturated carbocycles. The van der Waals surface area contributed by atoms with E-state index in [1.807, 2.05) is 84.9 Å². The second-order valence-electron chi connectivity index (χ2n) is 11.4. The van der Waals surface area contributed by atoms with Gasteiger partial charge in [-0.05, 0) is 70.1 Å². The first-order valence-corrected chi connectivity index (χ1v) is 14.1. The number of aromatic nitrogens is 4. The Morgan fingerprint density at radius 2 is 0.930 bits per heavy atom. The fourth-order valence-corrected chi connectivity index (χ4v) is 7.76. The Labute approximate surface area is 239 Å². The lowest BCUT2D eigenvalue weighted by molar-refractivity contribution is 0.483. The highest BCUT2D eigenvalue weighted by Crippen LogP contribution is 2.48. The van der Waals surface area contributed by atoms with Gasteiger partial charge >= 0.3 is 0 Å². The molecule has 0 aliphatic rings. The summed E-state index contributed by atoms with van der Waals surface area (Å²) in [5.74, 6) is 0.106. The van der Waals surface area contributed by atoms with Crippen LogP contribution in [0.4, 0.5) is 0 Å². The summed E-state index contributed by atoms with van der Waals surface area (Å²) in [6, 6.07) is 28.8. The summed E-state index contributed by atoms with van der Waals surface area (Å²) in [7, 11) is 0. The van der Waals surface area contributed by atoms with Gasteiger partial charge < -0.3 is 5.11 Å². The minimum atomic E-state index is -0.139. The molecule has 11 aromatic rings. The van der Waals surface area contributed by atoms with Crippen molar-refractivity contribution in [1.29, 1.82) is 0 Å². The molecule has 0 bridgehead atoms. The van der Waals surface area contributed by atoms with Gasteiger partial charge in [-0.3, -0.25) is 18.4 Å². The zero-order valence-electron chi connectivity index (χ0n) is 22.2. The summed E-state index contributed by atoms with van der Waals surface area (Å²) in [5.41, 5.74) is 3.89. The van der Waals surface area contributed by atoms with Gasteiger partial charge in [0, 0.05) is 43.1 Å². The number of benzene rings is 7. The maximum absolute atomic E-state index is 14.0. The van der Waals surface area contributed by atoms with E-state index >= 15 is 0 Å². The van der Waals surface area contributed by atoms with Crippen molar-refractivity contribution in [3.05, 3.63) is 112 Å². The molecule has 0 unspecified atom stereocenters. The molecular formula is C36H16N4O3. The monoisotopic (exact) mass is 552 g/mol. The molecule has 0 spiro atoms. The Morgan fingerprint density at radius 1 is 0.465 bits per heavy atom. The van der Waals surface area contributed by atoms with Gasteiger partial charge in [0.05, 0.1) is 22.1 Å². The van der Waals surface area contributed by atoms with Crippen LogP contribution in [0.1, 0.15) is 0 Å². The molecule has 0 fully saturated rings. The molecule has 0 radical (unpaired) electrons. The second kappa shape index (κ2) is 6.86. The van der Waals surface area contributed by atoms with E-state index in [2.05, 4.69) is 0 Å². The van der Waals surface area contributed by atoms with E-state index in [4.69, 9.17) is 9.97 Å². The standard InChI is InChI=1S/C36H16N4O3/c41-27-15-22-30-21(36(43)40-26-8-4-2-6-24(26)38-34(22)40)14-10-17-16-9-13-20-29-19(12-11-18(28(16)29)31(27)32(17)30)33-37-23-5-1-3-7-25(23)39(33)35(20)42/h1-15,41H. The van der Waals surface area contributed by atoms with Gasteiger partial charge in [-0.1, -0.05) is 42.5 Å². The number of phenols is 1. The van der Waals surface area contributed by atoms with Crippen LogP contribution < -0.4 is 11.1 Å². The lowest BCUT2D eigenvalue weighted by Gasteiger charge is -2.19. The van der Waals surface area contributed by atoms with Gasteiger partial charge in [0.1, 0.15) is 17.0 Å². The minimum Gasteiger partial charge on any atom is -0.507 e. The van der Waals surface area contributed by atoms with Crippen molar-refractivity contribution in [1.82, 2.24) is 18.8 Å². The number of pyridine rings is 2. The molecule has 43 heavy (non-hydrogen) atoms. The highest BCUT2D eigenvalue weighted by Gasteiger charge is 2.25. The van der Waals surface area contributed by atoms with E-state index in [1.165, 1.54) is 0 Å². The predicted molar refractivity (Wildman–Crippen MR) is 172 cm³/mol. The summed E-state index contributed by atoms with van der Waals surface area (Å²) >= 11 is 0. The Kier molecular flexibility index (Phi) is 3.45. The number of hydrogen-bond donors (Lipinski definition) is 1. The quantitative estimate of drug-likeness (QED) is 0.163. The minimum absolute atomic E-state index is 0.106. The lowest BCUT2D eigenvalue weighted by Crippen LogP contribution is -2.14. The van der Waals surface area contributed by atoms with Crippen LogP contribution in [0.3, 0.4) is 0 Å². The average Bonchev–Trinajstić information content (AvgIpc) is 3.62. The molecule has 0 amide bonds. The number of phenolic OH excluding ortho intramolecular Hbond substituents is 1. The molecule has 198 valence electrons. The third-order valence-corrected chi connectivity index (χ3v) is 9.45. The molecule has 7 heteroatoms. The van der Waals surface area contributed by atoms with Crippen molar-refractivity contribution in [3.63, 3.8) is 0 Å². The maximum Gasteiger partial charge on any atom is 0.264 e. The van der Waals surface area contributed by atoms with Crippen molar-refractivity contribution < 1.29 is 5.11 Å². The summed E-state index contributed by atoms with van der Waals surface area (Å²) in [5, 5.41) is 21.2. The number of fused-ring (bicyclic) bond motifs is 10. The van der Waals surface area contributed by atoms with E-state index < -0.39 is 0 Å². The van der Waals surface area contributed by atoms with Crippen LogP contribution >= 0.6 is 0 Å². The summed E-state index contributed by atoms with van der Waals surface area (Å²) in [6.07, 6.45) is 0. The van der Waals surface area contributed by atoms with Crippen molar-refractivity contribution in [2.45, 2.75) is 0 Å². The number of hydrogen-bond acceptors (Lipinski definition) is 5. The Bertz CT molecular complexity index is 3180. The summed E-state index contributed by atoms with van der Waals surface area (Å²) in [6.45, 7) is 0. The van der Waals surface area contributed by atoms with Crippen LogP contribution in [0.15, 0.2) is 101 Å². The van der Waals surface area contributed by atoms with Gasteiger partial charge in [-0.25, -0.2) is 9.97 Å². The lowest BCUT2D eigenvalue weighted by atomic mass is 9.85. The number of nitrogens with zero attached hydrogens (tertiary/aromatic N) is 4. The SMILES string of the molecule is O=c1c2ccc3c4ccc5c(=O)n6c7ccccc7nc6c6cc(O)c(c7ccc(c2c37)c2nc3ccccc3n12)c4c56. The molecule has 7 aromatic carbocycles. The van der Waals surface area contributed by atoms with E-state index in [9.17, 15) is 14.7 Å². The van der Waals surface area contributed by atoms with Crippen LogP contribution in [0.5, 0.6) is 5.75 Å². The average molecular weight is 553 g/mol. The molecule has 0 atom stereocenters. The van der Waals surface area contributed by atoms with E-state index in [0.717, 1.165) is 70.5 Å². The van der Waals surface area contributed by atoms with Crippen LogP contribution in [0.2, 0.25) is 0 Å². The number of para-hydroxylation sites is 4. The molecule has 1 N–H and O–H groups in total. The Morgan fingerprint density at radius 3 is 1.58 bits per heavy atom. The highest BCUT2D eigenvalue weighted by molar-refractivity contribution is 6.41. The van der Waals surface area contributed by atoms with Gasteiger partial charge in [0.2, 0.25) is 0 Å². The highest BCUT2D eigenvalue weighted by atomic mass is 16.3. The first-order chi connectivity index (χ1) is 21.1. The topological polar surface area (TPSA) is 89.0 Å². The zero-order valence-corrected chi connectivity index (χ0v) is 22.2. The third kappa shape index (κ3) is 2.27. The predicted octanol–water partition coefficient (Wildman–Crippen LogP) is 6.95. The van der Waals surface area contributed by atoms with Crippen LogP contribution in [0, 0.1) is 0 Å². The molecule has 4 aromatic heterocycles. The van der Waals surface area contributed by atoms with Crippen LogP contribution in [-0.2, 0) is 0 Å². The van der Waals surface area contributed by atoms with E-state index in [0.29, 0.717) is 27.5 Å². The molecule has 7 nitrogen and oxygen atoms in total. The van der Waals surface area contributed by atoms with E-state index in [-0.39, 0.29) is 16.9 Å². The maximum atomic E-state index is 14.0. The van der Waals surface area contributed by atoms with Crippen molar-refractivity contribution in [3.8, 4) is 5.75 Å². The van der Waals surface area contributed by atoms with Crippen molar-refractivity contribution >= 4 is 98.0 Å². The normalized spacial score (nSPS) is 12.9. The molecule has 0 saturated heterocycles. The van der Waals surface area contributed by atoms with Crippen LogP contribution in [-0.4, -0.2) is 23.9 Å². The summed E-state index contributed by atoms with van der Waals surface area (Å²) in [4.78, 5) is 37.7. The van der Waals surface area contributed by atoms with Crippen molar-refractivity contribution in [2.75, 3.05) is 0 Å². The first kappa shape index (κ1) is 21.6. The molecular weight excluding hydrogens is 536 g/mol. The fourth-order valence-electron chi connectivity index (χ4n) is 7.76. The summed E-state index contributed by atoms with van der Waals surface area (Å²) < 4.78 is 3.35. The second-order valence-corrected chi connectivity index (χ2v) is 11.4.